The highest BCUT2D eigenvalue weighted by atomic mass is 35.5. The third-order valence-electron chi connectivity index (χ3n) is 6.83. The van der Waals surface area contributed by atoms with Gasteiger partial charge in [-0.1, -0.05) is 35.9 Å². The number of hydrogen-bond donors (Lipinski definition) is 3. The van der Waals surface area contributed by atoms with Crippen LogP contribution in [0.15, 0.2) is 48.5 Å². The molecule has 0 radical (unpaired) electrons. The molecule has 4 N–H and O–H groups in total. The molecule has 35 heavy (non-hydrogen) atoms. The lowest BCUT2D eigenvalue weighted by Crippen LogP contribution is -2.25. The summed E-state index contributed by atoms with van der Waals surface area (Å²) in [7, 11) is 1.83. The van der Waals surface area contributed by atoms with Gasteiger partial charge >= 0.3 is 5.97 Å². The van der Waals surface area contributed by atoms with Crippen molar-refractivity contribution in [1.29, 1.82) is 0 Å². The van der Waals surface area contributed by atoms with Crippen molar-refractivity contribution in [2.45, 2.75) is 39.3 Å². The van der Waals surface area contributed by atoms with Crippen LogP contribution in [-0.2, 0) is 17.9 Å². The molecule has 0 spiro atoms. The molecule has 6 nitrogen and oxygen atoms in total. The number of anilines is 2. The van der Waals surface area contributed by atoms with Crippen LogP contribution in [-0.4, -0.2) is 36.2 Å². The number of nitrogen functional groups attached to an aromatic ring is 1. The molecule has 1 atom stereocenters. The number of rotatable bonds is 7. The van der Waals surface area contributed by atoms with E-state index in [1.54, 1.807) is 0 Å². The predicted octanol–water partition coefficient (Wildman–Crippen LogP) is 5.58. The van der Waals surface area contributed by atoms with Gasteiger partial charge in [0, 0.05) is 43.2 Å². The number of benzene rings is 3. The average Bonchev–Trinajstić information content (AvgIpc) is 3.02. The van der Waals surface area contributed by atoms with Crippen LogP contribution in [0.1, 0.15) is 45.7 Å². The lowest BCUT2D eigenvalue weighted by Gasteiger charge is -2.24. The maximum Gasteiger partial charge on any atom is 0.304 e. The molecule has 0 bridgehead atoms. The highest BCUT2D eigenvalue weighted by Gasteiger charge is 2.23. The Hall–Kier alpha value is -3.22. The van der Waals surface area contributed by atoms with Gasteiger partial charge in [0.15, 0.2) is 0 Å². The van der Waals surface area contributed by atoms with Crippen LogP contribution in [0, 0.1) is 13.8 Å². The van der Waals surface area contributed by atoms with E-state index in [1.165, 1.54) is 11.1 Å². The molecule has 1 aliphatic heterocycles. The van der Waals surface area contributed by atoms with Gasteiger partial charge in [0.2, 0.25) is 0 Å². The molecular weight excluding hydrogens is 462 g/mol. The number of aryl methyl sites for hydroxylation is 1. The second-order valence-corrected chi connectivity index (χ2v) is 9.57. The van der Waals surface area contributed by atoms with Gasteiger partial charge in [-0.05, 0) is 65.9 Å². The Morgan fingerprint density at radius 3 is 2.74 bits per heavy atom. The van der Waals surface area contributed by atoms with E-state index in [1.807, 2.05) is 50.4 Å². The summed E-state index contributed by atoms with van der Waals surface area (Å²) in [5.41, 5.74) is 14.1. The number of nitrogens with one attached hydrogen (secondary N) is 1. The second kappa shape index (κ2) is 10.6. The maximum atomic E-state index is 11.9. The summed E-state index contributed by atoms with van der Waals surface area (Å²) in [5.74, 6) is -0.264. The predicted molar refractivity (Wildman–Crippen MR) is 141 cm³/mol. The average molecular weight is 494 g/mol. The number of carboxylic acid groups (broad SMARTS) is 1. The van der Waals surface area contributed by atoms with Gasteiger partial charge in [0.25, 0.3) is 0 Å². The molecular formula is C28H32ClN3O3. The molecule has 1 aliphatic rings. The first kappa shape index (κ1) is 24.9. The van der Waals surface area contributed by atoms with Crippen molar-refractivity contribution in [3.63, 3.8) is 0 Å². The summed E-state index contributed by atoms with van der Waals surface area (Å²) < 4.78 is 5.93. The fourth-order valence-corrected chi connectivity index (χ4v) is 4.99. The molecule has 0 fully saturated rings. The molecule has 4 rings (SSSR count). The Bertz CT molecular complexity index is 1240. The van der Waals surface area contributed by atoms with Gasteiger partial charge in [0.1, 0.15) is 12.4 Å². The second-order valence-electron chi connectivity index (χ2n) is 9.14. The fraction of sp³-hybridized carbons (Fsp3) is 0.321. The minimum absolute atomic E-state index is 0.00882. The zero-order valence-corrected chi connectivity index (χ0v) is 21.2. The van der Waals surface area contributed by atoms with Crippen LogP contribution in [0.4, 0.5) is 11.4 Å². The van der Waals surface area contributed by atoms with E-state index in [2.05, 4.69) is 29.3 Å². The van der Waals surface area contributed by atoms with Crippen molar-refractivity contribution >= 4 is 28.9 Å². The van der Waals surface area contributed by atoms with Gasteiger partial charge in [-0.15, -0.1) is 0 Å². The van der Waals surface area contributed by atoms with Gasteiger partial charge in [-0.25, -0.2) is 0 Å². The van der Waals surface area contributed by atoms with Crippen LogP contribution in [0.5, 0.6) is 5.75 Å². The van der Waals surface area contributed by atoms with Crippen molar-refractivity contribution in [2.75, 3.05) is 31.2 Å². The Kier molecular flexibility index (Phi) is 7.53. The third kappa shape index (κ3) is 5.55. The van der Waals surface area contributed by atoms with Crippen molar-refractivity contribution in [2.24, 2.45) is 0 Å². The topological polar surface area (TPSA) is 87.8 Å². The molecule has 1 unspecified atom stereocenters. The molecule has 1 heterocycles. The fourth-order valence-electron chi connectivity index (χ4n) is 4.79. The number of halogens is 1. The molecule has 0 saturated heterocycles. The zero-order valence-electron chi connectivity index (χ0n) is 20.4. The molecule has 0 saturated carbocycles. The Morgan fingerprint density at radius 2 is 2.00 bits per heavy atom. The smallest absolute Gasteiger partial charge is 0.304 e. The summed E-state index contributed by atoms with van der Waals surface area (Å²) in [6.07, 6.45) is -0.00882. The highest BCUT2D eigenvalue weighted by Crippen LogP contribution is 2.36. The van der Waals surface area contributed by atoms with Crippen LogP contribution in [0.2, 0.25) is 5.02 Å². The van der Waals surface area contributed by atoms with E-state index in [-0.39, 0.29) is 12.3 Å². The van der Waals surface area contributed by atoms with Crippen molar-refractivity contribution < 1.29 is 14.6 Å². The summed E-state index contributed by atoms with van der Waals surface area (Å²) in [6, 6.07) is 15.9. The number of hydrogen-bond acceptors (Lipinski definition) is 5. The van der Waals surface area contributed by atoms with E-state index < -0.39 is 5.97 Å². The van der Waals surface area contributed by atoms with Crippen molar-refractivity contribution in [3.05, 3.63) is 86.9 Å². The van der Waals surface area contributed by atoms with Crippen molar-refractivity contribution in [1.82, 2.24) is 4.90 Å². The minimum atomic E-state index is -0.842. The van der Waals surface area contributed by atoms with Gasteiger partial charge < -0.3 is 20.9 Å². The number of nitrogens with zero attached hydrogens (tertiary/aromatic N) is 1. The van der Waals surface area contributed by atoms with E-state index in [0.29, 0.717) is 17.3 Å². The Balaban J connectivity index is 1.66. The zero-order chi connectivity index (χ0) is 25.1. The van der Waals surface area contributed by atoms with E-state index in [9.17, 15) is 9.90 Å². The molecule has 3 aromatic rings. The van der Waals surface area contributed by atoms with Crippen LogP contribution >= 0.6 is 11.6 Å². The monoisotopic (exact) mass is 493 g/mol. The standard InChI is InChI=1S/C28H32ClN3O3/c1-17-4-5-19(24(14-27(33)34)23-7-8-25(31-3)28(30)18(23)2)12-20(17)15-32-10-11-35-26-9-6-22(29)13-21(26)16-32/h4-9,12-13,24,31H,10-11,14-16,30H2,1-3H3,(H,33,34). The number of aliphatic carboxylic acids is 1. The summed E-state index contributed by atoms with van der Waals surface area (Å²) in [6.45, 7) is 6.90. The number of ether oxygens (including phenoxy) is 1. The Labute approximate surface area is 211 Å². The van der Waals surface area contributed by atoms with E-state index >= 15 is 0 Å². The van der Waals surface area contributed by atoms with Crippen molar-refractivity contribution in [3.8, 4) is 5.75 Å². The van der Waals surface area contributed by atoms with Gasteiger partial charge in [0.05, 0.1) is 17.8 Å². The molecule has 0 amide bonds. The molecule has 3 aromatic carbocycles. The van der Waals surface area contributed by atoms with Gasteiger partial charge in [-0.2, -0.15) is 0 Å². The quantitative estimate of drug-likeness (QED) is 0.372. The first-order valence-corrected chi connectivity index (χ1v) is 12.2. The van der Waals surface area contributed by atoms with E-state index in [0.717, 1.165) is 53.3 Å². The number of fused-ring (bicyclic) bond motifs is 1. The normalized spacial score (nSPS) is 14.5. The lowest BCUT2D eigenvalue weighted by atomic mass is 9.84. The van der Waals surface area contributed by atoms with Crippen LogP contribution in [0.25, 0.3) is 0 Å². The van der Waals surface area contributed by atoms with Gasteiger partial charge in [-0.3, -0.25) is 9.69 Å². The number of carbonyl (C=O) groups is 1. The largest absolute Gasteiger partial charge is 0.492 e. The summed E-state index contributed by atoms with van der Waals surface area (Å²) >= 11 is 6.23. The first-order chi connectivity index (χ1) is 16.8. The number of nitrogens with two attached hydrogens (primary N) is 1. The third-order valence-corrected chi connectivity index (χ3v) is 7.07. The summed E-state index contributed by atoms with van der Waals surface area (Å²) in [5, 5.41) is 13.5. The maximum absolute atomic E-state index is 11.9. The highest BCUT2D eigenvalue weighted by molar-refractivity contribution is 6.30. The molecule has 184 valence electrons. The lowest BCUT2D eigenvalue weighted by molar-refractivity contribution is -0.137. The van der Waals surface area contributed by atoms with E-state index in [4.69, 9.17) is 22.1 Å². The molecule has 0 aromatic heterocycles. The molecule has 0 aliphatic carbocycles. The number of carboxylic acids is 1. The molecule has 7 heteroatoms. The summed E-state index contributed by atoms with van der Waals surface area (Å²) in [4.78, 5) is 14.2. The SMILES string of the molecule is CNc1ccc(C(CC(=O)O)c2ccc(C)c(CN3CCOc4ccc(Cl)cc4C3)c2)c(C)c1N. The minimum Gasteiger partial charge on any atom is -0.492 e. The van der Waals surface area contributed by atoms with Crippen LogP contribution in [0.3, 0.4) is 0 Å². The van der Waals surface area contributed by atoms with Crippen LogP contribution < -0.4 is 15.8 Å². The first-order valence-electron chi connectivity index (χ1n) is 11.8. The Morgan fingerprint density at radius 1 is 1.20 bits per heavy atom.